The van der Waals surface area contributed by atoms with Gasteiger partial charge in [0.2, 0.25) is 0 Å². The zero-order valence-corrected chi connectivity index (χ0v) is 27.9. The molecule has 0 aromatic carbocycles. The van der Waals surface area contributed by atoms with Gasteiger partial charge in [-0.15, -0.1) is 0 Å². The number of nitrogens with zero attached hydrogens (tertiary/aromatic N) is 3. The molecule has 1 N–H and O–H groups in total. The minimum Gasteiger partial charge on any atom is -0.497 e. The van der Waals surface area contributed by atoms with Crippen molar-refractivity contribution in [1.29, 1.82) is 0 Å². The molecule has 4 rings (SSSR count). The Morgan fingerprint density at radius 1 is 1.13 bits per heavy atom. The predicted octanol–water partition coefficient (Wildman–Crippen LogP) is 6.00. The lowest BCUT2D eigenvalue weighted by Gasteiger charge is -2.37. The van der Waals surface area contributed by atoms with Crippen LogP contribution in [0.4, 0.5) is 5.82 Å². The second-order valence-corrected chi connectivity index (χ2v) is 12.4. The number of rotatable bonds is 14. The normalized spacial score (nSPS) is 22.2. The molecule has 3 saturated heterocycles. The van der Waals surface area contributed by atoms with Crippen molar-refractivity contribution in [3.8, 4) is 0 Å². The van der Waals surface area contributed by atoms with Gasteiger partial charge in [-0.3, -0.25) is 9.69 Å². The zero-order chi connectivity index (χ0) is 32.9. The van der Waals surface area contributed by atoms with Gasteiger partial charge in [0.05, 0.1) is 38.0 Å². The van der Waals surface area contributed by atoms with Crippen LogP contribution in [0.15, 0.2) is 83.7 Å². The Morgan fingerprint density at radius 2 is 1.89 bits per heavy atom. The predicted molar refractivity (Wildman–Crippen MR) is 183 cm³/mol. The van der Waals surface area contributed by atoms with Crippen LogP contribution in [0.2, 0.25) is 0 Å². The lowest BCUT2D eigenvalue weighted by atomic mass is 9.94. The highest BCUT2D eigenvalue weighted by Crippen LogP contribution is 2.26. The number of carbonyl (C=O) groups is 1. The number of aliphatic carboxylic acids is 1. The molecule has 0 unspecified atom stereocenters. The number of anilines is 1. The number of carboxylic acid groups (broad SMARTS) is 1. The monoisotopic (exact) mass is 653 g/mol. The largest absolute Gasteiger partial charge is 0.497 e. The van der Waals surface area contributed by atoms with E-state index in [0.29, 0.717) is 43.0 Å². The maximum Gasteiger partial charge on any atom is 0.309 e. The average molecular weight is 654 g/mol. The molecular formula is C36H48ClN3O6. The first kappa shape index (κ1) is 35.6. The maximum atomic E-state index is 11.5. The molecule has 1 aromatic heterocycles. The maximum absolute atomic E-state index is 11.5. The van der Waals surface area contributed by atoms with E-state index in [4.69, 9.17) is 35.5 Å². The van der Waals surface area contributed by atoms with E-state index in [1.54, 1.807) is 20.3 Å². The highest BCUT2D eigenvalue weighted by Gasteiger charge is 2.34. The second kappa shape index (κ2) is 18.2. The van der Waals surface area contributed by atoms with E-state index >= 15 is 0 Å². The van der Waals surface area contributed by atoms with Crippen LogP contribution in [0, 0.1) is 5.92 Å². The van der Waals surface area contributed by atoms with Gasteiger partial charge in [-0.2, -0.15) is 0 Å². The molecule has 4 heterocycles. The molecule has 9 nitrogen and oxygen atoms in total. The first-order valence-electron chi connectivity index (χ1n) is 16.0. The summed E-state index contributed by atoms with van der Waals surface area (Å²) in [5.74, 6) is 0.00384. The Labute approximate surface area is 278 Å². The van der Waals surface area contributed by atoms with Crippen LogP contribution >= 0.6 is 11.6 Å². The van der Waals surface area contributed by atoms with Gasteiger partial charge in [-0.05, 0) is 67.5 Å². The van der Waals surface area contributed by atoms with Crippen molar-refractivity contribution in [2.75, 3.05) is 71.7 Å². The SMILES string of the molecule is C=C(/C=C(\C=C1CCN(C2CCOCC2)CC1)COC/C(Cl)=C\C=C/C(=C)c1cccc(N2CC[C@@H](C(=O)O)[C@@H](OC)C2)n1)OC. The van der Waals surface area contributed by atoms with Crippen LogP contribution in [0.5, 0.6) is 0 Å². The van der Waals surface area contributed by atoms with Crippen LogP contribution in [0.1, 0.15) is 37.8 Å². The van der Waals surface area contributed by atoms with Crippen LogP contribution in [0.3, 0.4) is 0 Å². The summed E-state index contributed by atoms with van der Waals surface area (Å²) in [7, 11) is 3.16. The third kappa shape index (κ3) is 10.7. The van der Waals surface area contributed by atoms with E-state index in [0.717, 1.165) is 74.6 Å². The lowest BCUT2D eigenvalue weighted by Crippen LogP contribution is -2.47. The van der Waals surface area contributed by atoms with E-state index in [2.05, 4.69) is 29.0 Å². The third-order valence-corrected chi connectivity index (χ3v) is 9.03. The average Bonchev–Trinajstić information content (AvgIpc) is 3.08. The van der Waals surface area contributed by atoms with Crippen molar-refractivity contribution in [3.05, 3.63) is 89.4 Å². The fraction of sp³-hybridized carbons (Fsp3) is 0.500. The molecule has 46 heavy (non-hydrogen) atoms. The summed E-state index contributed by atoms with van der Waals surface area (Å²) in [5.41, 5.74) is 3.87. The Balaban J connectivity index is 1.27. The van der Waals surface area contributed by atoms with E-state index in [-0.39, 0.29) is 6.61 Å². The van der Waals surface area contributed by atoms with Crippen LogP contribution in [0.25, 0.3) is 5.57 Å². The molecule has 250 valence electrons. The zero-order valence-electron chi connectivity index (χ0n) is 27.2. The summed E-state index contributed by atoms with van der Waals surface area (Å²) in [6, 6.07) is 6.38. The molecule has 0 saturated carbocycles. The molecular weight excluding hydrogens is 606 g/mol. The molecule has 3 aliphatic rings. The van der Waals surface area contributed by atoms with Gasteiger partial charge in [0, 0.05) is 57.6 Å². The number of ether oxygens (including phenoxy) is 4. The highest BCUT2D eigenvalue weighted by molar-refractivity contribution is 6.29. The minimum absolute atomic E-state index is 0.260. The Kier molecular flexibility index (Phi) is 14.1. The number of allylic oxidation sites excluding steroid dienone is 5. The summed E-state index contributed by atoms with van der Waals surface area (Å²) in [4.78, 5) is 21.0. The quantitative estimate of drug-likeness (QED) is 0.192. The molecule has 10 heteroatoms. The fourth-order valence-electron chi connectivity index (χ4n) is 6.12. The van der Waals surface area contributed by atoms with Crippen molar-refractivity contribution in [2.24, 2.45) is 5.92 Å². The number of hydrogen-bond donors (Lipinski definition) is 1. The second-order valence-electron chi connectivity index (χ2n) is 11.9. The number of methoxy groups -OCH3 is 2. The summed E-state index contributed by atoms with van der Waals surface area (Å²) in [6.07, 6.45) is 14.1. The summed E-state index contributed by atoms with van der Waals surface area (Å²) in [6.45, 7) is 13.7. The first-order valence-corrected chi connectivity index (χ1v) is 16.4. The van der Waals surface area contributed by atoms with Crippen molar-refractivity contribution in [1.82, 2.24) is 9.88 Å². The van der Waals surface area contributed by atoms with E-state index in [1.807, 2.05) is 36.4 Å². The fourth-order valence-corrected chi connectivity index (χ4v) is 6.27. The lowest BCUT2D eigenvalue weighted by molar-refractivity contribution is -0.147. The van der Waals surface area contributed by atoms with Crippen LogP contribution in [-0.2, 0) is 23.7 Å². The molecule has 1 aromatic rings. The minimum atomic E-state index is -0.827. The number of likely N-dealkylation sites (tertiary alicyclic amines) is 1. The van der Waals surface area contributed by atoms with Gasteiger partial charge in [0.1, 0.15) is 11.6 Å². The molecule has 0 bridgehead atoms. The van der Waals surface area contributed by atoms with Crippen molar-refractivity contribution >= 4 is 29.0 Å². The van der Waals surface area contributed by atoms with Gasteiger partial charge >= 0.3 is 5.97 Å². The van der Waals surface area contributed by atoms with Crippen LogP contribution in [-0.4, -0.2) is 99.9 Å². The standard InChI is InChI=1S/C36H48ClN3O6/c1-26(33-9-6-10-35(38-33)40-18-13-32(36(41)42)34(23-40)44-4)7-5-8-30(37)25-46-24-29(21-27(2)43-3)22-28-11-16-39(17-12-28)31-14-19-45-20-15-31/h5-10,21-22,31-32,34H,1-2,11-20,23-25H2,3-4H3,(H,41,42)/b7-5-,29-21+,30-8+/t32-,34+/m1/s1. The number of aromatic nitrogens is 1. The number of pyridine rings is 1. The summed E-state index contributed by atoms with van der Waals surface area (Å²) >= 11 is 6.48. The van der Waals surface area contributed by atoms with E-state index in [1.165, 1.54) is 5.57 Å². The number of halogens is 1. The van der Waals surface area contributed by atoms with E-state index < -0.39 is 18.0 Å². The van der Waals surface area contributed by atoms with Gasteiger partial charge < -0.3 is 29.0 Å². The molecule has 0 spiro atoms. The summed E-state index contributed by atoms with van der Waals surface area (Å²) in [5, 5.41) is 10.0. The van der Waals surface area contributed by atoms with Gasteiger partial charge in [-0.1, -0.05) is 54.6 Å². The van der Waals surface area contributed by atoms with Crippen molar-refractivity contribution in [2.45, 2.75) is 44.2 Å². The van der Waals surface area contributed by atoms with Crippen LogP contribution < -0.4 is 4.90 Å². The number of carboxylic acids is 1. The molecule has 0 radical (unpaired) electrons. The van der Waals surface area contributed by atoms with E-state index in [9.17, 15) is 9.90 Å². The number of piperidine rings is 2. The van der Waals surface area contributed by atoms with Gasteiger partial charge in [-0.25, -0.2) is 4.98 Å². The Bertz CT molecular complexity index is 1320. The van der Waals surface area contributed by atoms with Gasteiger partial charge in [0.15, 0.2) is 0 Å². The molecule has 2 atom stereocenters. The first-order chi connectivity index (χ1) is 22.3. The smallest absolute Gasteiger partial charge is 0.309 e. The van der Waals surface area contributed by atoms with Crippen molar-refractivity contribution < 1.29 is 28.8 Å². The third-order valence-electron chi connectivity index (χ3n) is 8.80. The summed E-state index contributed by atoms with van der Waals surface area (Å²) < 4.78 is 22.3. The molecule has 3 fully saturated rings. The topological polar surface area (TPSA) is 93.6 Å². The molecule has 0 amide bonds. The molecule has 3 aliphatic heterocycles. The Morgan fingerprint density at radius 3 is 2.59 bits per heavy atom. The Hall–Kier alpha value is -3.21. The van der Waals surface area contributed by atoms with Gasteiger partial charge in [0.25, 0.3) is 0 Å². The number of hydrogen-bond acceptors (Lipinski definition) is 8. The van der Waals surface area contributed by atoms with Crippen molar-refractivity contribution in [3.63, 3.8) is 0 Å². The highest BCUT2D eigenvalue weighted by atomic mass is 35.5. The molecule has 0 aliphatic carbocycles.